The number of nitrogens with one attached hydrogen (secondary N) is 1. The van der Waals surface area contributed by atoms with Gasteiger partial charge in [0.25, 0.3) is 0 Å². The largest absolute Gasteiger partial charge is 0.384 e. The average Bonchev–Trinajstić information content (AvgIpc) is 2.56. The van der Waals surface area contributed by atoms with E-state index in [1.54, 1.807) is 24.7 Å². The van der Waals surface area contributed by atoms with E-state index in [1.165, 1.54) is 0 Å². The molecule has 5 nitrogen and oxygen atoms in total. The molecule has 0 bridgehead atoms. The lowest BCUT2D eigenvalue weighted by molar-refractivity contribution is 1.13. The van der Waals surface area contributed by atoms with Gasteiger partial charge in [0.05, 0.1) is 0 Å². The van der Waals surface area contributed by atoms with Gasteiger partial charge in [-0.05, 0) is 6.07 Å². The van der Waals surface area contributed by atoms with Crippen LogP contribution in [0.3, 0.4) is 0 Å². The average molecular weight is 161 g/mol. The van der Waals surface area contributed by atoms with Crippen molar-refractivity contribution >= 4 is 5.82 Å². The lowest BCUT2D eigenvalue weighted by Crippen LogP contribution is -1.95. The summed E-state index contributed by atoms with van der Waals surface area (Å²) >= 11 is 0. The number of aromatic amines is 1. The van der Waals surface area contributed by atoms with Gasteiger partial charge in [-0.2, -0.15) is 0 Å². The van der Waals surface area contributed by atoms with Crippen LogP contribution in [0, 0.1) is 0 Å². The molecule has 0 amide bonds. The first kappa shape index (κ1) is 6.78. The molecule has 2 aromatic rings. The minimum absolute atomic E-state index is 0.441. The number of nitrogen functional groups attached to an aromatic ring is 1. The van der Waals surface area contributed by atoms with Crippen molar-refractivity contribution in [3.8, 4) is 11.6 Å². The molecule has 0 atom stereocenters. The summed E-state index contributed by atoms with van der Waals surface area (Å²) in [6, 6.07) is 1.63. The van der Waals surface area contributed by atoms with Gasteiger partial charge in [0.15, 0.2) is 11.6 Å². The fourth-order valence-corrected chi connectivity index (χ4v) is 0.874. The van der Waals surface area contributed by atoms with E-state index in [1.807, 2.05) is 0 Å². The first-order chi connectivity index (χ1) is 5.86. The molecule has 2 rings (SSSR count). The monoisotopic (exact) mass is 161 g/mol. The molecule has 0 radical (unpaired) electrons. The Morgan fingerprint density at radius 2 is 2.17 bits per heavy atom. The van der Waals surface area contributed by atoms with Crippen molar-refractivity contribution < 1.29 is 0 Å². The molecule has 0 aromatic carbocycles. The standard InChI is InChI=1S/C7H7N5/c8-5-1-2-9-7(12-5)6-10-3-4-11-6/h1-4H,(H,10,11)(H2,8,9,12). The van der Waals surface area contributed by atoms with Gasteiger partial charge in [-0.15, -0.1) is 0 Å². The zero-order valence-electron chi connectivity index (χ0n) is 6.23. The topological polar surface area (TPSA) is 80.5 Å². The molecule has 0 fully saturated rings. The van der Waals surface area contributed by atoms with Crippen LogP contribution in [0.2, 0.25) is 0 Å². The van der Waals surface area contributed by atoms with E-state index < -0.39 is 0 Å². The minimum atomic E-state index is 0.441. The van der Waals surface area contributed by atoms with Crippen molar-refractivity contribution in [1.82, 2.24) is 19.9 Å². The number of nitrogens with zero attached hydrogens (tertiary/aromatic N) is 3. The summed E-state index contributed by atoms with van der Waals surface area (Å²) < 4.78 is 0. The third-order valence-corrected chi connectivity index (χ3v) is 1.39. The first-order valence-corrected chi connectivity index (χ1v) is 3.44. The minimum Gasteiger partial charge on any atom is -0.384 e. The summed E-state index contributed by atoms with van der Waals surface area (Å²) in [5.41, 5.74) is 5.47. The quantitative estimate of drug-likeness (QED) is 0.636. The highest BCUT2D eigenvalue weighted by atomic mass is 15.0. The Labute approximate surface area is 68.7 Å². The van der Waals surface area contributed by atoms with Crippen LogP contribution >= 0.6 is 0 Å². The smallest absolute Gasteiger partial charge is 0.197 e. The lowest BCUT2D eigenvalue weighted by Gasteiger charge is -1.94. The second kappa shape index (κ2) is 2.61. The van der Waals surface area contributed by atoms with Crippen LogP contribution in [-0.4, -0.2) is 19.9 Å². The molecule has 0 aliphatic rings. The number of aromatic nitrogens is 4. The number of nitrogens with two attached hydrogens (primary N) is 1. The SMILES string of the molecule is Nc1ccnc(-c2ncc[nH]2)n1. The Bertz CT molecular complexity index is 367. The van der Waals surface area contributed by atoms with Crippen LogP contribution in [0.1, 0.15) is 0 Å². The van der Waals surface area contributed by atoms with Crippen LogP contribution in [0.4, 0.5) is 5.82 Å². The fourth-order valence-electron chi connectivity index (χ4n) is 0.874. The molecule has 12 heavy (non-hydrogen) atoms. The maximum atomic E-state index is 5.47. The molecule has 0 saturated carbocycles. The van der Waals surface area contributed by atoms with Gasteiger partial charge in [0, 0.05) is 18.6 Å². The van der Waals surface area contributed by atoms with E-state index in [0.29, 0.717) is 17.5 Å². The van der Waals surface area contributed by atoms with Crippen molar-refractivity contribution in [1.29, 1.82) is 0 Å². The molecule has 0 spiro atoms. The summed E-state index contributed by atoms with van der Waals surface area (Å²) in [6.45, 7) is 0. The van der Waals surface area contributed by atoms with E-state index in [9.17, 15) is 0 Å². The van der Waals surface area contributed by atoms with Crippen LogP contribution in [0.15, 0.2) is 24.7 Å². The molecule has 60 valence electrons. The molecule has 0 aliphatic heterocycles. The van der Waals surface area contributed by atoms with Gasteiger partial charge in [-0.3, -0.25) is 0 Å². The number of hydrogen-bond donors (Lipinski definition) is 2. The Hall–Kier alpha value is -1.91. The molecular formula is C7H7N5. The van der Waals surface area contributed by atoms with Crippen molar-refractivity contribution in [2.24, 2.45) is 0 Å². The van der Waals surface area contributed by atoms with Gasteiger partial charge in [0.2, 0.25) is 0 Å². The third-order valence-electron chi connectivity index (χ3n) is 1.39. The van der Waals surface area contributed by atoms with Gasteiger partial charge >= 0.3 is 0 Å². The summed E-state index contributed by atoms with van der Waals surface area (Å²) in [5, 5.41) is 0. The fraction of sp³-hybridized carbons (Fsp3) is 0. The lowest BCUT2D eigenvalue weighted by atomic mass is 10.5. The summed E-state index contributed by atoms with van der Waals surface area (Å²) in [7, 11) is 0. The molecule has 5 heteroatoms. The van der Waals surface area contributed by atoms with Crippen LogP contribution in [0.5, 0.6) is 0 Å². The third kappa shape index (κ3) is 1.12. The highest BCUT2D eigenvalue weighted by Gasteiger charge is 2.01. The predicted molar refractivity (Wildman–Crippen MR) is 44.0 cm³/mol. The van der Waals surface area contributed by atoms with Crippen molar-refractivity contribution in [3.63, 3.8) is 0 Å². The van der Waals surface area contributed by atoms with Crippen LogP contribution in [-0.2, 0) is 0 Å². The molecule has 3 N–H and O–H groups in total. The zero-order chi connectivity index (χ0) is 8.39. The maximum absolute atomic E-state index is 5.47. The number of imidazole rings is 1. The Morgan fingerprint density at radius 1 is 1.25 bits per heavy atom. The predicted octanol–water partition coefficient (Wildman–Crippen LogP) is 0.449. The van der Waals surface area contributed by atoms with E-state index in [4.69, 9.17) is 5.73 Å². The van der Waals surface area contributed by atoms with Crippen LogP contribution < -0.4 is 5.73 Å². The highest BCUT2D eigenvalue weighted by molar-refractivity contribution is 5.45. The molecule has 0 unspecified atom stereocenters. The second-order valence-electron chi connectivity index (χ2n) is 2.24. The second-order valence-corrected chi connectivity index (χ2v) is 2.24. The van der Waals surface area contributed by atoms with Crippen LogP contribution in [0.25, 0.3) is 11.6 Å². The zero-order valence-corrected chi connectivity index (χ0v) is 6.23. The highest BCUT2D eigenvalue weighted by Crippen LogP contribution is 2.07. The summed E-state index contributed by atoms with van der Waals surface area (Å²) in [5.74, 6) is 1.58. The van der Waals surface area contributed by atoms with E-state index in [-0.39, 0.29) is 0 Å². The Morgan fingerprint density at radius 3 is 2.83 bits per heavy atom. The van der Waals surface area contributed by atoms with Gasteiger partial charge in [0.1, 0.15) is 5.82 Å². The van der Waals surface area contributed by atoms with Gasteiger partial charge in [-0.25, -0.2) is 15.0 Å². The van der Waals surface area contributed by atoms with E-state index in [2.05, 4.69) is 19.9 Å². The normalized spacial score (nSPS) is 10.0. The number of hydrogen-bond acceptors (Lipinski definition) is 4. The van der Waals surface area contributed by atoms with E-state index in [0.717, 1.165) is 0 Å². The molecule has 0 saturated heterocycles. The van der Waals surface area contributed by atoms with E-state index >= 15 is 0 Å². The Balaban J connectivity index is 2.48. The number of rotatable bonds is 1. The number of anilines is 1. The van der Waals surface area contributed by atoms with Gasteiger partial charge < -0.3 is 10.7 Å². The van der Waals surface area contributed by atoms with Crippen molar-refractivity contribution in [2.75, 3.05) is 5.73 Å². The van der Waals surface area contributed by atoms with Crippen molar-refractivity contribution in [3.05, 3.63) is 24.7 Å². The first-order valence-electron chi connectivity index (χ1n) is 3.44. The van der Waals surface area contributed by atoms with Gasteiger partial charge in [-0.1, -0.05) is 0 Å². The summed E-state index contributed by atoms with van der Waals surface area (Å²) in [6.07, 6.45) is 4.95. The summed E-state index contributed by atoms with van der Waals surface area (Å²) in [4.78, 5) is 14.9. The molecule has 0 aliphatic carbocycles. The van der Waals surface area contributed by atoms with Crippen molar-refractivity contribution in [2.45, 2.75) is 0 Å². The molecule has 2 heterocycles. The molecular weight excluding hydrogens is 154 g/mol. The maximum Gasteiger partial charge on any atom is 0.197 e. The number of H-pyrrole nitrogens is 1. The molecule has 2 aromatic heterocycles. The Kier molecular flexibility index (Phi) is 1.48.